The zero-order chi connectivity index (χ0) is 17.5. The highest BCUT2D eigenvalue weighted by Gasteiger charge is 2.49. The summed E-state index contributed by atoms with van der Waals surface area (Å²) in [6.07, 6.45) is 1.66. The van der Waals surface area contributed by atoms with Crippen LogP contribution in [-0.4, -0.2) is 69.9 Å². The predicted molar refractivity (Wildman–Crippen MR) is 89.5 cm³/mol. The van der Waals surface area contributed by atoms with Crippen molar-refractivity contribution in [3.8, 4) is 11.8 Å². The minimum atomic E-state index is -3.60. The average molecular weight is 369 g/mol. The Bertz CT molecular complexity index is 757. The normalized spacial score (nSPS) is 24.2. The molecule has 0 aromatic carbocycles. The van der Waals surface area contributed by atoms with Gasteiger partial charge in [0.1, 0.15) is 17.1 Å². The van der Waals surface area contributed by atoms with E-state index in [9.17, 15) is 8.42 Å². The van der Waals surface area contributed by atoms with E-state index in [0.29, 0.717) is 18.1 Å². The van der Waals surface area contributed by atoms with Crippen molar-refractivity contribution >= 4 is 10.0 Å². The number of hydrogen-bond donors (Lipinski definition) is 1. The number of ether oxygens (including phenoxy) is 3. The van der Waals surface area contributed by atoms with Crippen LogP contribution in [0.2, 0.25) is 0 Å². The van der Waals surface area contributed by atoms with Crippen LogP contribution >= 0.6 is 0 Å². The first-order valence-electron chi connectivity index (χ1n) is 8.61. The van der Waals surface area contributed by atoms with Gasteiger partial charge in [0, 0.05) is 25.2 Å². The number of fused-ring (bicyclic) bond motifs is 1. The molecule has 1 saturated carbocycles. The zero-order valence-corrected chi connectivity index (χ0v) is 15.1. The highest BCUT2D eigenvalue weighted by atomic mass is 32.2. The van der Waals surface area contributed by atoms with Gasteiger partial charge in [-0.3, -0.25) is 4.90 Å². The van der Waals surface area contributed by atoms with E-state index >= 15 is 0 Å². The van der Waals surface area contributed by atoms with Crippen molar-refractivity contribution in [2.24, 2.45) is 0 Å². The maximum atomic E-state index is 12.4. The molecule has 138 valence electrons. The Morgan fingerprint density at radius 2 is 2.12 bits per heavy atom. The lowest BCUT2D eigenvalue weighted by molar-refractivity contribution is 0.0319. The molecule has 25 heavy (non-hydrogen) atoms. The average Bonchev–Trinajstić information content (AvgIpc) is 3.37. The molecule has 4 rings (SSSR count). The van der Waals surface area contributed by atoms with Crippen LogP contribution in [0.15, 0.2) is 11.0 Å². The van der Waals surface area contributed by atoms with Crippen LogP contribution in [0.5, 0.6) is 11.8 Å². The van der Waals surface area contributed by atoms with Gasteiger partial charge in [-0.2, -0.15) is 4.98 Å². The van der Waals surface area contributed by atoms with E-state index in [1.54, 1.807) is 13.0 Å². The van der Waals surface area contributed by atoms with Gasteiger partial charge in [0.05, 0.1) is 19.8 Å². The molecular weight excluding hydrogens is 346 g/mol. The van der Waals surface area contributed by atoms with Gasteiger partial charge in [-0.15, -0.1) is 0 Å². The quantitative estimate of drug-likeness (QED) is 0.817. The molecule has 3 aliphatic rings. The molecule has 1 N–H and O–H groups in total. The smallest absolute Gasteiger partial charge is 0.246 e. The lowest BCUT2D eigenvalue weighted by Crippen LogP contribution is -2.38. The number of aromatic nitrogens is 1. The van der Waals surface area contributed by atoms with Crippen molar-refractivity contribution in [1.82, 2.24) is 14.6 Å². The van der Waals surface area contributed by atoms with Gasteiger partial charge >= 0.3 is 0 Å². The van der Waals surface area contributed by atoms with Crippen LogP contribution in [-0.2, 0) is 14.8 Å². The predicted octanol–water partition coefficient (Wildman–Crippen LogP) is 0.304. The van der Waals surface area contributed by atoms with Crippen molar-refractivity contribution in [2.45, 2.75) is 30.3 Å². The largest absolute Gasteiger partial charge is 0.476 e. The number of rotatable bonds is 4. The van der Waals surface area contributed by atoms with E-state index in [0.717, 1.165) is 45.7 Å². The van der Waals surface area contributed by atoms with Crippen molar-refractivity contribution in [2.75, 3.05) is 46.0 Å². The SMILES string of the molecule is Cc1cc2c(nc1OCCN1CCOCC1)OC1(CC1)CNS2(=O)=O. The second-order valence-electron chi connectivity index (χ2n) is 6.83. The lowest BCUT2D eigenvalue weighted by Gasteiger charge is -2.26. The Labute approximate surface area is 147 Å². The summed E-state index contributed by atoms with van der Waals surface area (Å²) in [6, 6.07) is 1.58. The molecule has 0 radical (unpaired) electrons. The number of morpholine rings is 1. The molecule has 8 nitrogen and oxygen atoms in total. The van der Waals surface area contributed by atoms with E-state index in [1.807, 2.05) is 0 Å². The molecule has 1 aromatic heterocycles. The molecule has 0 atom stereocenters. The first-order chi connectivity index (χ1) is 12.0. The Kier molecular flexibility index (Phi) is 4.35. The van der Waals surface area contributed by atoms with Crippen LogP contribution in [0, 0.1) is 6.92 Å². The highest BCUT2D eigenvalue weighted by Crippen LogP contribution is 2.43. The molecule has 1 aliphatic carbocycles. The van der Waals surface area contributed by atoms with Gasteiger partial charge < -0.3 is 14.2 Å². The summed E-state index contributed by atoms with van der Waals surface area (Å²) >= 11 is 0. The second kappa shape index (κ2) is 6.39. The third-order valence-electron chi connectivity index (χ3n) is 4.84. The third-order valence-corrected chi connectivity index (χ3v) is 6.24. The molecule has 3 heterocycles. The van der Waals surface area contributed by atoms with Crippen molar-refractivity contribution < 1.29 is 22.6 Å². The van der Waals surface area contributed by atoms with E-state index in [-0.39, 0.29) is 17.3 Å². The minimum Gasteiger partial charge on any atom is -0.476 e. The maximum Gasteiger partial charge on any atom is 0.246 e. The Morgan fingerprint density at radius 1 is 1.36 bits per heavy atom. The van der Waals surface area contributed by atoms with E-state index in [2.05, 4.69) is 14.6 Å². The van der Waals surface area contributed by atoms with Crippen LogP contribution in [0.3, 0.4) is 0 Å². The first kappa shape index (κ1) is 17.0. The summed E-state index contributed by atoms with van der Waals surface area (Å²) < 4.78 is 44.5. The van der Waals surface area contributed by atoms with Gasteiger partial charge in [0.2, 0.25) is 21.8 Å². The molecule has 1 spiro atoms. The van der Waals surface area contributed by atoms with Gasteiger partial charge in [0.25, 0.3) is 0 Å². The fourth-order valence-corrected chi connectivity index (χ4v) is 4.28. The molecule has 0 bridgehead atoms. The topological polar surface area (TPSA) is 90.0 Å². The summed E-state index contributed by atoms with van der Waals surface area (Å²) in [5.74, 6) is 0.578. The Morgan fingerprint density at radius 3 is 2.84 bits per heavy atom. The van der Waals surface area contributed by atoms with Crippen LogP contribution < -0.4 is 14.2 Å². The van der Waals surface area contributed by atoms with Crippen molar-refractivity contribution in [1.29, 1.82) is 0 Å². The molecule has 0 amide bonds. The molecule has 1 saturated heterocycles. The summed E-state index contributed by atoms with van der Waals surface area (Å²) in [5.41, 5.74) is 0.243. The Hall–Kier alpha value is -1.42. The van der Waals surface area contributed by atoms with Crippen LogP contribution in [0.4, 0.5) is 0 Å². The summed E-state index contributed by atoms with van der Waals surface area (Å²) in [5, 5.41) is 0. The standard InChI is InChI=1S/C16H23N3O5S/c1-12-10-13-15(24-16(2-3-16)11-17-25(13,20)21)18-14(12)23-9-6-19-4-7-22-8-5-19/h10,17H,2-9,11H2,1H3. The molecule has 1 aromatic rings. The summed E-state index contributed by atoms with van der Waals surface area (Å²) in [6.45, 7) is 6.65. The van der Waals surface area contributed by atoms with Gasteiger partial charge in [-0.25, -0.2) is 13.1 Å². The van der Waals surface area contributed by atoms with Gasteiger partial charge in [0.15, 0.2) is 0 Å². The van der Waals surface area contributed by atoms with E-state index in [1.165, 1.54) is 0 Å². The Balaban J connectivity index is 1.51. The fourth-order valence-electron chi connectivity index (χ4n) is 3.03. The second-order valence-corrected chi connectivity index (χ2v) is 8.56. The minimum absolute atomic E-state index is 0.0919. The molecule has 2 aliphatic heterocycles. The molecule has 2 fully saturated rings. The van der Waals surface area contributed by atoms with E-state index < -0.39 is 15.6 Å². The van der Waals surface area contributed by atoms with Crippen LogP contribution in [0.25, 0.3) is 0 Å². The third kappa shape index (κ3) is 3.59. The highest BCUT2D eigenvalue weighted by molar-refractivity contribution is 7.89. The zero-order valence-electron chi connectivity index (χ0n) is 14.3. The van der Waals surface area contributed by atoms with Crippen molar-refractivity contribution in [3.05, 3.63) is 11.6 Å². The first-order valence-corrected chi connectivity index (χ1v) is 10.1. The van der Waals surface area contributed by atoms with Gasteiger partial charge in [-0.05, 0) is 25.8 Å². The maximum absolute atomic E-state index is 12.4. The number of pyridine rings is 1. The number of nitrogens with zero attached hydrogens (tertiary/aromatic N) is 2. The van der Waals surface area contributed by atoms with E-state index in [4.69, 9.17) is 14.2 Å². The lowest BCUT2D eigenvalue weighted by atomic mass is 10.3. The number of aryl methyl sites for hydroxylation is 1. The monoisotopic (exact) mass is 369 g/mol. The van der Waals surface area contributed by atoms with Gasteiger partial charge in [-0.1, -0.05) is 0 Å². The fraction of sp³-hybridized carbons (Fsp3) is 0.688. The van der Waals surface area contributed by atoms with Crippen LogP contribution in [0.1, 0.15) is 18.4 Å². The number of sulfonamides is 1. The molecule has 9 heteroatoms. The number of hydrogen-bond acceptors (Lipinski definition) is 7. The molecular formula is C16H23N3O5S. The number of nitrogens with one attached hydrogen (secondary N) is 1. The summed E-state index contributed by atoms with van der Waals surface area (Å²) in [7, 11) is -3.60. The molecule has 0 unspecified atom stereocenters. The van der Waals surface area contributed by atoms with Crippen molar-refractivity contribution in [3.63, 3.8) is 0 Å². The summed E-state index contributed by atoms with van der Waals surface area (Å²) in [4.78, 5) is 6.74.